The Labute approximate surface area is 166 Å². The predicted octanol–water partition coefficient (Wildman–Crippen LogP) is 3.74. The minimum absolute atomic E-state index is 0.151. The van der Waals surface area contributed by atoms with Gasteiger partial charge in [-0.3, -0.25) is 19.3 Å². The van der Waals surface area contributed by atoms with Crippen molar-refractivity contribution in [3.63, 3.8) is 0 Å². The van der Waals surface area contributed by atoms with Gasteiger partial charge in [0.1, 0.15) is 12.1 Å². The Bertz CT molecular complexity index is 815. The number of rotatable bonds is 5. The van der Waals surface area contributed by atoms with Crippen LogP contribution in [0.1, 0.15) is 26.3 Å². The van der Waals surface area contributed by atoms with E-state index in [0.29, 0.717) is 22.1 Å². The van der Waals surface area contributed by atoms with E-state index in [9.17, 15) is 14.4 Å². The number of amides is 2. The number of thioether (sulfide) groups is 1. The van der Waals surface area contributed by atoms with Crippen molar-refractivity contribution >= 4 is 46.6 Å². The molecule has 9 heteroatoms. The molecule has 0 aliphatic carbocycles. The van der Waals surface area contributed by atoms with Crippen LogP contribution in [0.15, 0.2) is 17.0 Å². The van der Waals surface area contributed by atoms with Gasteiger partial charge >= 0.3 is 5.97 Å². The minimum Gasteiger partial charge on any atom is -0.493 e. The number of ether oxygens (including phenoxy) is 3. The molecule has 0 spiro atoms. The van der Waals surface area contributed by atoms with Gasteiger partial charge < -0.3 is 14.2 Å². The van der Waals surface area contributed by atoms with Crippen LogP contribution in [0.25, 0.3) is 6.08 Å². The van der Waals surface area contributed by atoms with Crippen molar-refractivity contribution in [2.75, 3.05) is 20.8 Å². The highest BCUT2D eigenvalue weighted by Crippen LogP contribution is 2.37. The van der Waals surface area contributed by atoms with Crippen LogP contribution in [-0.4, -0.2) is 48.4 Å². The van der Waals surface area contributed by atoms with E-state index in [1.54, 1.807) is 32.9 Å². The zero-order valence-electron chi connectivity index (χ0n) is 15.6. The molecule has 27 heavy (non-hydrogen) atoms. The molecular formula is C18H20ClNO6S. The van der Waals surface area contributed by atoms with Gasteiger partial charge in [0.25, 0.3) is 11.1 Å². The van der Waals surface area contributed by atoms with Gasteiger partial charge in [-0.25, -0.2) is 0 Å². The number of carbonyl (C=O) groups is 3. The van der Waals surface area contributed by atoms with E-state index in [-0.39, 0.29) is 4.91 Å². The fraction of sp³-hybridized carbons (Fsp3) is 0.389. The summed E-state index contributed by atoms with van der Waals surface area (Å²) in [6.45, 7) is 4.67. The molecule has 0 radical (unpaired) electrons. The maximum atomic E-state index is 12.5. The van der Waals surface area contributed by atoms with E-state index in [1.807, 2.05) is 0 Å². The van der Waals surface area contributed by atoms with E-state index >= 15 is 0 Å². The lowest BCUT2D eigenvalue weighted by atomic mass is 10.1. The SMILES string of the molecule is COc1cc(Cl)c(/C=C2/SC(=O)N(CC(=O)OC(C)(C)C)C2=O)cc1OC. The molecule has 1 aromatic rings. The van der Waals surface area contributed by atoms with Crippen molar-refractivity contribution in [2.45, 2.75) is 26.4 Å². The Kier molecular flexibility index (Phi) is 6.43. The van der Waals surface area contributed by atoms with Crippen molar-refractivity contribution in [3.8, 4) is 11.5 Å². The van der Waals surface area contributed by atoms with E-state index in [4.69, 9.17) is 25.8 Å². The molecule has 1 aliphatic heterocycles. The number of halogens is 1. The molecule has 0 aromatic heterocycles. The van der Waals surface area contributed by atoms with Gasteiger partial charge in [-0.2, -0.15) is 0 Å². The van der Waals surface area contributed by atoms with Gasteiger partial charge in [0.15, 0.2) is 11.5 Å². The molecule has 7 nitrogen and oxygen atoms in total. The molecule has 1 aliphatic rings. The second-order valence-electron chi connectivity index (χ2n) is 6.58. The smallest absolute Gasteiger partial charge is 0.326 e. The van der Waals surface area contributed by atoms with Gasteiger partial charge in [-0.1, -0.05) is 11.6 Å². The largest absolute Gasteiger partial charge is 0.493 e. The maximum absolute atomic E-state index is 12.5. The number of carbonyl (C=O) groups excluding carboxylic acids is 3. The van der Waals surface area contributed by atoms with Crippen LogP contribution >= 0.6 is 23.4 Å². The molecule has 1 fully saturated rings. The first-order chi connectivity index (χ1) is 12.6. The maximum Gasteiger partial charge on any atom is 0.326 e. The van der Waals surface area contributed by atoms with Crippen LogP contribution in [0.2, 0.25) is 5.02 Å². The zero-order chi connectivity index (χ0) is 20.4. The molecular weight excluding hydrogens is 394 g/mol. The van der Waals surface area contributed by atoms with E-state index in [2.05, 4.69) is 0 Å². The Hall–Kier alpha value is -2.19. The summed E-state index contributed by atoms with van der Waals surface area (Å²) in [5.41, 5.74) is -0.223. The van der Waals surface area contributed by atoms with E-state index in [1.165, 1.54) is 20.3 Å². The Balaban J connectivity index is 2.25. The zero-order valence-corrected chi connectivity index (χ0v) is 17.2. The van der Waals surface area contributed by atoms with Crippen molar-refractivity contribution < 1.29 is 28.6 Å². The lowest BCUT2D eigenvalue weighted by Crippen LogP contribution is -2.37. The molecule has 1 heterocycles. The lowest BCUT2D eigenvalue weighted by molar-refractivity contribution is -0.156. The third-order valence-electron chi connectivity index (χ3n) is 3.37. The van der Waals surface area contributed by atoms with E-state index < -0.39 is 29.3 Å². The molecule has 0 N–H and O–H groups in total. The number of hydrogen-bond donors (Lipinski definition) is 0. The molecule has 0 unspecified atom stereocenters. The van der Waals surface area contributed by atoms with Crippen molar-refractivity contribution in [2.24, 2.45) is 0 Å². The van der Waals surface area contributed by atoms with E-state index in [0.717, 1.165) is 16.7 Å². The Morgan fingerprint density at radius 3 is 2.33 bits per heavy atom. The van der Waals surface area contributed by atoms with Crippen LogP contribution < -0.4 is 9.47 Å². The molecule has 2 amide bonds. The van der Waals surface area contributed by atoms with Crippen LogP contribution in [0.3, 0.4) is 0 Å². The average Bonchev–Trinajstić information content (AvgIpc) is 2.82. The fourth-order valence-electron chi connectivity index (χ4n) is 2.26. The molecule has 1 aromatic carbocycles. The summed E-state index contributed by atoms with van der Waals surface area (Å²) in [6.07, 6.45) is 1.48. The van der Waals surface area contributed by atoms with Crippen molar-refractivity contribution in [1.29, 1.82) is 0 Å². The number of methoxy groups -OCH3 is 2. The number of nitrogens with zero attached hydrogens (tertiary/aromatic N) is 1. The molecule has 146 valence electrons. The normalized spacial score (nSPS) is 16.1. The summed E-state index contributed by atoms with van der Waals surface area (Å²) < 4.78 is 15.5. The van der Waals surface area contributed by atoms with Gasteiger partial charge in [-0.05, 0) is 50.2 Å². The Morgan fingerprint density at radius 1 is 1.19 bits per heavy atom. The van der Waals surface area contributed by atoms with Gasteiger partial charge in [0.05, 0.1) is 24.1 Å². The standard InChI is InChI=1S/C18H20ClNO6S/c1-18(2,3)26-15(21)9-20-16(22)14(27-17(20)23)7-10-6-12(24-4)13(25-5)8-11(10)19/h6-8H,9H2,1-5H3/b14-7+. The number of hydrogen-bond acceptors (Lipinski definition) is 7. The minimum atomic E-state index is -0.706. The van der Waals surface area contributed by atoms with Crippen LogP contribution in [0.5, 0.6) is 11.5 Å². The van der Waals surface area contributed by atoms with Crippen molar-refractivity contribution in [3.05, 3.63) is 27.6 Å². The van der Waals surface area contributed by atoms with Gasteiger partial charge in [-0.15, -0.1) is 0 Å². The second kappa shape index (κ2) is 8.22. The number of benzene rings is 1. The Morgan fingerprint density at radius 2 is 1.78 bits per heavy atom. The first-order valence-corrected chi connectivity index (χ1v) is 9.14. The molecule has 0 atom stereocenters. The van der Waals surface area contributed by atoms with Crippen molar-refractivity contribution in [1.82, 2.24) is 4.90 Å². The van der Waals surface area contributed by atoms with Gasteiger partial charge in [0, 0.05) is 6.07 Å². The quantitative estimate of drug-likeness (QED) is 0.537. The summed E-state index contributed by atoms with van der Waals surface area (Å²) in [5.74, 6) is -0.365. The highest BCUT2D eigenvalue weighted by molar-refractivity contribution is 8.18. The van der Waals surface area contributed by atoms with Crippen LogP contribution in [0, 0.1) is 0 Å². The summed E-state index contributed by atoms with van der Waals surface area (Å²) >= 11 is 6.95. The number of esters is 1. The highest BCUT2D eigenvalue weighted by atomic mass is 35.5. The topological polar surface area (TPSA) is 82.1 Å². The third-order valence-corrected chi connectivity index (χ3v) is 4.61. The summed E-state index contributed by atoms with van der Waals surface area (Å²) in [5, 5.41) is -0.222. The molecule has 0 bridgehead atoms. The lowest BCUT2D eigenvalue weighted by Gasteiger charge is -2.21. The van der Waals surface area contributed by atoms with Crippen LogP contribution in [-0.2, 0) is 14.3 Å². The second-order valence-corrected chi connectivity index (χ2v) is 7.98. The third kappa shape index (κ3) is 5.17. The monoisotopic (exact) mass is 413 g/mol. The summed E-state index contributed by atoms with van der Waals surface area (Å²) in [7, 11) is 2.96. The van der Waals surface area contributed by atoms with Crippen LogP contribution in [0.4, 0.5) is 4.79 Å². The van der Waals surface area contributed by atoms with Gasteiger partial charge in [0.2, 0.25) is 0 Å². The average molecular weight is 414 g/mol. The molecule has 0 saturated carbocycles. The summed E-state index contributed by atoms with van der Waals surface area (Å²) in [6, 6.07) is 3.15. The number of imide groups is 1. The highest BCUT2D eigenvalue weighted by Gasteiger charge is 2.37. The first-order valence-electron chi connectivity index (χ1n) is 7.94. The summed E-state index contributed by atoms with van der Waals surface area (Å²) in [4.78, 5) is 37.6. The predicted molar refractivity (Wildman–Crippen MR) is 103 cm³/mol. The molecule has 1 saturated heterocycles. The first kappa shape index (κ1) is 21.1. The molecule has 2 rings (SSSR count). The fourth-order valence-corrected chi connectivity index (χ4v) is 3.30.